The quantitative estimate of drug-likeness (QED) is 0.144. The molecule has 3 N–H and O–H groups in total. The highest BCUT2D eigenvalue weighted by atomic mass is 32.2. The first kappa shape index (κ1) is 24.5. The lowest BCUT2D eigenvalue weighted by Gasteiger charge is -2.33. The van der Waals surface area contributed by atoms with E-state index in [4.69, 9.17) is 0 Å². The molecule has 6 heteroatoms. The molecule has 34 heavy (non-hydrogen) atoms. The second-order valence-corrected chi connectivity index (χ2v) is 10.7. The number of hydrogen-bond donors (Lipinski definition) is 5. The topological polar surface area (TPSA) is 60.7 Å². The SMILES string of the molecule is Cc1cc(Sc2ccc(C(C)(c3ccc(O)cc3)c3cc(C)c(O)c(S)c3)cc2)cc(S)c1O. The molecule has 1 unspecified atom stereocenters. The van der Waals surface area contributed by atoms with Gasteiger partial charge in [0.15, 0.2) is 0 Å². The van der Waals surface area contributed by atoms with Crippen LogP contribution in [0.4, 0.5) is 0 Å². The summed E-state index contributed by atoms with van der Waals surface area (Å²) in [5, 5.41) is 30.1. The van der Waals surface area contributed by atoms with Gasteiger partial charge in [-0.2, -0.15) is 0 Å². The largest absolute Gasteiger partial charge is 0.508 e. The molecule has 0 heterocycles. The first-order chi connectivity index (χ1) is 16.1. The third-order valence-corrected chi connectivity index (χ3v) is 7.88. The highest BCUT2D eigenvalue weighted by Gasteiger charge is 2.32. The summed E-state index contributed by atoms with van der Waals surface area (Å²) in [6, 6.07) is 23.3. The Morgan fingerprint density at radius 3 is 1.65 bits per heavy atom. The maximum atomic E-state index is 10.3. The van der Waals surface area contributed by atoms with Crippen LogP contribution >= 0.6 is 37.0 Å². The van der Waals surface area contributed by atoms with Crippen molar-refractivity contribution in [2.75, 3.05) is 0 Å². The van der Waals surface area contributed by atoms with Crippen LogP contribution in [0.25, 0.3) is 0 Å². The molecular weight excluding hydrogens is 481 g/mol. The van der Waals surface area contributed by atoms with Gasteiger partial charge in [0.1, 0.15) is 17.2 Å². The van der Waals surface area contributed by atoms with E-state index in [1.807, 2.05) is 50.2 Å². The molecule has 0 aromatic heterocycles. The van der Waals surface area contributed by atoms with Crippen molar-refractivity contribution in [3.05, 3.63) is 101 Å². The van der Waals surface area contributed by atoms with Crippen molar-refractivity contribution >= 4 is 37.0 Å². The second kappa shape index (κ2) is 9.53. The molecule has 0 bridgehead atoms. The number of phenolic OH excluding ortho intramolecular Hbond substituents is 3. The van der Waals surface area contributed by atoms with Crippen LogP contribution in [0, 0.1) is 13.8 Å². The summed E-state index contributed by atoms with van der Waals surface area (Å²) in [6.07, 6.45) is 0. The van der Waals surface area contributed by atoms with Crippen molar-refractivity contribution in [1.29, 1.82) is 0 Å². The van der Waals surface area contributed by atoms with Crippen molar-refractivity contribution in [2.24, 2.45) is 0 Å². The zero-order valence-electron chi connectivity index (χ0n) is 19.1. The summed E-state index contributed by atoms with van der Waals surface area (Å²) in [4.78, 5) is 3.15. The average molecular weight is 507 g/mol. The molecule has 1 atom stereocenters. The molecule has 0 radical (unpaired) electrons. The van der Waals surface area contributed by atoms with Crippen LogP contribution in [0.5, 0.6) is 17.2 Å². The molecule has 0 saturated carbocycles. The maximum Gasteiger partial charge on any atom is 0.131 e. The smallest absolute Gasteiger partial charge is 0.131 e. The van der Waals surface area contributed by atoms with Crippen molar-refractivity contribution in [1.82, 2.24) is 0 Å². The summed E-state index contributed by atoms with van der Waals surface area (Å²) in [7, 11) is 0. The number of rotatable bonds is 5. The minimum absolute atomic E-state index is 0.180. The van der Waals surface area contributed by atoms with Crippen LogP contribution in [0.3, 0.4) is 0 Å². The van der Waals surface area contributed by atoms with E-state index in [0.29, 0.717) is 9.79 Å². The molecule has 174 valence electrons. The van der Waals surface area contributed by atoms with Crippen molar-refractivity contribution < 1.29 is 15.3 Å². The lowest BCUT2D eigenvalue weighted by Crippen LogP contribution is -2.25. The third-order valence-electron chi connectivity index (χ3n) is 6.22. The van der Waals surface area contributed by atoms with Crippen LogP contribution in [0.15, 0.2) is 92.4 Å². The molecule has 0 saturated heterocycles. The Bertz CT molecular complexity index is 1300. The van der Waals surface area contributed by atoms with Gasteiger partial charge in [0, 0.05) is 25.0 Å². The summed E-state index contributed by atoms with van der Waals surface area (Å²) in [5.74, 6) is 0.599. The first-order valence-electron chi connectivity index (χ1n) is 10.7. The molecule has 0 fully saturated rings. The zero-order valence-corrected chi connectivity index (χ0v) is 21.7. The van der Waals surface area contributed by atoms with E-state index in [1.165, 1.54) is 0 Å². The van der Waals surface area contributed by atoms with Gasteiger partial charge < -0.3 is 15.3 Å². The van der Waals surface area contributed by atoms with Crippen LogP contribution in [-0.4, -0.2) is 15.3 Å². The predicted molar refractivity (Wildman–Crippen MR) is 144 cm³/mol. The van der Waals surface area contributed by atoms with Gasteiger partial charge in [0.2, 0.25) is 0 Å². The van der Waals surface area contributed by atoms with Crippen molar-refractivity contribution in [2.45, 2.75) is 45.8 Å². The number of aromatic hydroxyl groups is 3. The number of hydrogen-bond acceptors (Lipinski definition) is 6. The summed E-state index contributed by atoms with van der Waals surface area (Å²) < 4.78 is 0. The first-order valence-corrected chi connectivity index (χ1v) is 12.4. The Labute approximate surface area is 215 Å². The fourth-order valence-corrected chi connectivity index (χ4v) is 5.80. The van der Waals surface area contributed by atoms with Crippen LogP contribution in [0.1, 0.15) is 34.7 Å². The Morgan fingerprint density at radius 1 is 0.618 bits per heavy atom. The molecule has 0 aliphatic carbocycles. The van der Waals surface area contributed by atoms with Gasteiger partial charge >= 0.3 is 0 Å². The predicted octanol–water partition coefficient (Wildman–Crippen LogP) is 7.50. The molecule has 0 aliphatic heterocycles. The minimum Gasteiger partial charge on any atom is -0.508 e. The Kier molecular flexibility index (Phi) is 6.85. The molecule has 3 nitrogen and oxygen atoms in total. The lowest BCUT2D eigenvalue weighted by molar-refractivity contribution is 0.457. The number of benzene rings is 4. The lowest BCUT2D eigenvalue weighted by atomic mass is 9.71. The van der Waals surface area contributed by atoms with E-state index in [0.717, 1.165) is 37.6 Å². The molecule has 0 aliphatic rings. The molecule has 4 rings (SSSR count). The van der Waals surface area contributed by atoms with E-state index < -0.39 is 5.41 Å². The molecule has 4 aromatic carbocycles. The Balaban J connectivity index is 1.77. The summed E-state index contributed by atoms with van der Waals surface area (Å²) in [5.41, 5.74) is 4.07. The zero-order chi connectivity index (χ0) is 24.6. The summed E-state index contributed by atoms with van der Waals surface area (Å²) in [6.45, 7) is 5.86. The molecule has 0 spiro atoms. The van der Waals surface area contributed by atoms with Crippen LogP contribution < -0.4 is 0 Å². The Hall–Kier alpha value is -2.67. The van der Waals surface area contributed by atoms with Crippen LogP contribution in [-0.2, 0) is 5.41 Å². The van der Waals surface area contributed by atoms with Gasteiger partial charge in [-0.15, -0.1) is 25.3 Å². The van der Waals surface area contributed by atoms with Gasteiger partial charge in [-0.3, -0.25) is 0 Å². The van der Waals surface area contributed by atoms with E-state index in [-0.39, 0.29) is 17.2 Å². The molecule has 0 amide bonds. The van der Waals surface area contributed by atoms with E-state index >= 15 is 0 Å². The maximum absolute atomic E-state index is 10.3. The standard InChI is InChI=1S/C28H26O3S3/c1-16-12-20(14-24(32)26(16)30)28(3,18-4-8-21(29)9-5-18)19-6-10-22(11-7-19)34-23-13-17(2)27(31)25(33)15-23/h4-15,29-33H,1-3H3. The fourth-order valence-electron chi connectivity index (χ4n) is 4.12. The number of aryl methyl sites for hydroxylation is 2. The van der Waals surface area contributed by atoms with Gasteiger partial charge in [-0.25, -0.2) is 0 Å². The Morgan fingerprint density at radius 2 is 1.12 bits per heavy atom. The minimum atomic E-state index is -0.541. The second-order valence-electron chi connectivity index (χ2n) is 8.57. The van der Waals surface area contributed by atoms with Crippen LogP contribution in [0.2, 0.25) is 0 Å². The van der Waals surface area contributed by atoms with E-state index in [2.05, 4.69) is 56.4 Å². The normalized spacial score (nSPS) is 13.0. The van der Waals surface area contributed by atoms with E-state index in [9.17, 15) is 15.3 Å². The van der Waals surface area contributed by atoms with Gasteiger partial charge in [-0.1, -0.05) is 42.1 Å². The third kappa shape index (κ3) is 4.63. The van der Waals surface area contributed by atoms with Crippen molar-refractivity contribution in [3.8, 4) is 17.2 Å². The highest BCUT2D eigenvalue weighted by molar-refractivity contribution is 7.99. The highest BCUT2D eigenvalue weighted by Crippen LogP contribution is 2.43. The van der Waals surface area contributed by atoms with Gasteiger partial charge in [0.05, 0.1) is 0 Å². The molecule has 4 aromatic rings. The van der Waals surface area contributed by atoms with Gasteiger partial charge in [0.25, 0.3) is 0 Å². The molecular formula is C28H26O3S3. The van der Waals surface area contributed by atoms with E-state index in [1.54, 1.807) is 23.9 Å². The van der Waals surface area contributed by atoms with Gasteiger partial charge in [-0.05, 0) is 91.1 Å². The average Bonchev–Trinajstić information content (AvgIpc) is 2.81. The monoisotopic (exact) mass is 506 g/mol. The summed E-state index contributed by atoms with van der Waals surface area (Å²) >= 11 is 10.5. The number of thiol groups is 2. The fraction of sp³-hybridized carbons (Fsp3) is 0.143. The van der Waals surface area contributed by atoms with Crippen molar-refractivity contribution in [3.63, 3.8) is 0 Å². The number of phenols is 3.